The van der Waals surface area contributed by atoms with Gasteiger partial charge in [-0.3, -0.25) is 0 Å². The highest BCUT2D eigenvalue weighted by Gasteiger charge is 2.14. The minimum absolute atomic E-state index is 0.147. The van der Waals surface area contributed by atoms with Crippen molar-refractivity contribution in [3.05, 3.63) is 12.2 Å². The van der Waals surface area contributed by atoms with Gasteiger partial charge in [0.1, 0.15) is 6.10 Å². The molecule has 1 heterocycles. The lowest BCUT2D eigenvalue weighted by Crippen LogP contribution is -2.19. The number of rotatable bonds is 7. The molecule has 1 rings (SSSR count). The van der Waals surface area contributed by atoms with Crippen LogP contribution in [0.3, 0.4) is 0 Å². The molecule has 1 aliphatic rings. The van der Waals surface area contributed by atoms with Gasteiger partial charge in [-0.15, -0.1) is 0 Å². The Labute approximate surface area is 92.7 Å². The van der Waals surface area contributed by atoms with Crippen LogP contribution in [0.4, 0.5) is 0 Å². The summed E-state index contributed by atoms with van der Waals surface area (Å²) in [7, 11) is 0. The Kier molecular flexibility index (Phi) is 6.14. The van der Waals surface area contributed by atoms with Crippen molar-refractivity contribution in [3.8, 4) is 0 Å². The predicted molar refractivity (Wildman–Crippen MR) is 61.6 cm³/mol. The summed E-state index contributed by atoms with van der Waals surface area (Å²) >= 11 is 0. The number of unbranched alkanes of at least 4 members (excludes halogenated alkanes) is 5. The van der Waals surface area contributed by atoms with E-state index in [0.29, 0.717) is 0 Å². The fourth-order valence-electron chi connectivity index (χ4n) is 1.90. The van der Waals surface area contributed by atoms with E-state index in [2.05, 4.69) is 6.92 Å². The van der Waals surface area contributed by atoms with Gasteiger partial charge in [0.05, 0.1) is 0 Å². The van der Waals surface area contributed by atoms with Crippen LogP contribution in [0.25, 0.3) is 0 Å². The van der Waals surface area contributed by atoms with Gasteiger partial charge in [0.2, 0.25) is 0 Å². The number of carbonyl (C=O) groups is 1. The maximum Gasteiger partial charge on any atom is 0.330 e. The first kappa shape index (κ1) is 12.3. The standard InChI is InChI=1S/C13H22O2/c1-2-3-4-5-6-7-9-12-10-8-11-13(14)15-12/h8,11-12H,2-7,9-10H2,1H3. The average Bonchev–Trinajstić information content (AvgIpc) is 2.23. The van der Waals surface area contributed by atoms with E-state index in [1.54, 1.807) is 0 Å². The Morgan fingerprint density at radius 1 is 1.27 bits per heavy atom. The molecular weight excluding hydrogens is 188 g/mol. The molecule has 0 amide bonds. The Morgan fingerprint density at radius 3 is 2.73 bits per heavy atom. The van der Waals surface area contributed by atoms with Crippen LogP contribution in [0.2, 0.25) is 0 Å². The summed E-state index contributed by atoms with van der Waals surface area (Å²) < 4.78 is 5.19. The van der Waals surface area contributed by atoms with Gasteiger partial charge in [-0.05, 0) is 12.8 Å². The number of ether oxygens (including phenoxy) is 1. The lowest BCUT2D eigenvalue weighted by molar-refractivity contribution is -0.144. The van der Waals surface area contributed by atoms with E-state index < -0.39 is 0 Å². The van der Waals surface area contributed by atoms with Crippen LogP contribution in [0.1, 0.15) is 58.3 Å². The molecule has 1 atom stereocenters. The number of esters is 1. The first-order chi connectivity index (χ1) is 7.33. The summed E-state index contributed by atoms with van der Waals surface area (Å²) in [5.74, 6) is -0.169. The topological polar surface area (TPSA) is 26.3 Å². The molecule has 0 saturated carbocycles. The highest BCUT2D eigenvalue weighted by atomic mass is 16.5. The van der Waals surface area contributed by atoms with E-state index in [1.807, 2.05) is 6.08 Å². The summed E-state index contributed by atoms with van der Waals surface area (Å²) in [6.45, 7) is 2.23. The van der Waals surface area contributed by atoms with Crippen molar-refractivity contribution in [2.45, 2.75) is 64.4 Å². The first-order valence-corrected chi connectivity index (χ1v) is 6.20. The molecule has 0 aromatic carbocycles. The fourth-order valence-corrected chi connectivity index (χ4v) is 1.90. The Hall–Kier alpha value is -0.790. The molecule has 86 valence electrons. The summed E-state index contributed by atoms with van der Waals surface area (Å²) in [6.07, 6.45) is 13.3. The summed E-state index contributed by atoms with van der Waals surface area (Å²) in [6, 6.07) is 0. The molecule has 2 heteroatoms. The van der Waals surface area contributed by atoms with Crippen LogP contribution in [0.5, 0.6) is 0 Å². The van der Waals surface area contributed by atoms with Gasteiger partial charge in [-0.1, -0.05) is 45.1 Å². The molecule has 0 aromatic heterocycles. The van der Waals surface area contributed by atoms with Crippen molar-refractivity contribution >= 4 is 5.97 Å². The zero-order chi connectivity index (χ0) is 10.9. The van der Waals surface area contributed by atoms with E-state index in [-0.39, 0.29) is 12.1 Å². The van der Waals surface area contributed by atoms with Crippen molar-refractivity contribution in [1.82, 2.24) is 0 Å². The van der Waals surface area contributed by atoms with Crippen molar-refractivity contribution in [1.29, 1.82) is 0 Å². The minimum Gasteiger partial charge on any atom is -0.459 e. The Morgan fingerprint density at radius 2 is 2.00 bits per heavy atom. The molecule has 1 unspecified atom stereocenters. The van der Waals surface area contributed by atoms with E-state index in [0.717, 1.165) is 12.8 Å². The smallest absolute Gasteiger partial charge is 0.330 e. The SMILES string of the molecule is CCCCCCCCC1CC=CC(=O)O1. The lowest BCUT2D eigenvalue weighted by Gasteiger charge is -2.18. The lowest BCUT2D eigenvalue weighted by atomic mass is 10.0. The third kappa shape index (κ3) is 5.60. The fraction of sp³-hybridized carbons (Fsp3) is 0.769. The van der Waals surface area contributed by atoms with Gasteiger partial charge < -0.3 is 4.74 Å². The molecule has 0 aromatic rings. The van der Waals surface area contributed by atoms with Crippen molar-refractivity contribution < 1.29 is 9.53 Å². The molecule has 0 aliphatic carbocycles. The van der Waals surface area contributed by atoms with Crippen molar-refractivity contribution in [2.24, 2.45) is 0 Å². The molecule has 15 heavy (non-hydrogen) atoms. The summed E-state index contributed by atoms with van der Waals surface area (Å²) in [5, 5.41) is 0. The van der Waals surface area contributed by atoms with Crippen molar-refractivity contribution in [3.63, 3.8) is 0 Å². The number of cyclic esters (lactones) is 1. The van der Waals surface area contributed by atoms with E-state index >= 15 is 0 Å². The van der Waals surface area contributed by atoms with Crippen LogP contribution in [0, 0.1) is 0 Å². The Balaban J connectivity index is 1.96. The summed E-state index contributed by atoms with van der Waals surface area (Å²) in [5.41, 5.74) is 0. The molecular formula is C13H22O2. The average molecular weight is 210 g/mol. The number of hydrogen-bond acceptors (Lipinski definition) is 2. The molecule has 1 aliphatic heterocycles. The highest BCUT2D eigenvalue weighted by Crippen LogP contribution is 2.15. The second kappa shape index (κ2) is 7.49. The third-order valence-electron chi connectivity index (χ3n) is 2.82. The van der Waals surface area contributed by atoms with Crippen LogP contribution < -0.4 is 0 Å². The van der Waals surface area contributed by atoms with Crippen LogP contribution >= 0.6 is 0 Å². The maximum absolute atomic E-state index is 10.9. The summed E-state index contributed by atoms with van der Waals surface area (Å²) in [4.78, 5) is 10.9. The van der Waals surface area contributed by atoms with Gasteiger partial charge in [0.25, 0.3) is 0 Å². The van der Waals surface area contributed by atoms with Gasteiger partial charge in [0.15, 0.2) is 0 Å². The third-order valence-corrected chi connectivity index (χ3v) is 2.82. The predicted octanol–water partition coefficient (Wildman–Crippen LogP) is 3.61. The van der Waals surface area contributed by atoms with Gasteiger partial charge >= 0.3 is 5.97 Å². The molecule has 0 N–H and O–H groups in total. The zero-order valence-corrected chi connectivity index (χ0v) is 9.71. The number of hydrogen-bond donors (Lipinski definition) is 0. The molecule has 2 nitrogen and oxygen atoms in total. The van der Waals surface area contributed by atoms with Crippen LogP contribution in [-0.2, 0) is 9.53 Å². The van der Waals surface area contributed by atoms with E-state index in [9.17, 15) is 4.79 Å². The maximum atomic E-state index is 10.9. The normalized spacial score (nSPS) is 20.3. The van der Waals surface area contributed by atoms with Crippen LogP contribution in [-0.4, -0.2) is 12.1 Å². The monoisotopic (exact) mass is 210 g/mol. The Bertz CT molecular complexity index is 209. The van der Waals surface area contributed by atoms with Gasteiger partial charge in [-0.2, -0.15) is 0 Å². The highest BCUT2D eigenvalue weighted by molar-refractivity contribution is 5.82. The molecule has 0 saturated heterocycles. The second-order valence-corrected chi connectivity index (χ2v) is 4.25. The largest absolute Gasteiger partial charge is 0.459 e. The zero-order valence-electron chi connectivity index (χ0n) is 9.71. The van der Waals surface area contributed by atoms with Gasteiger partial charge in [0, 0.05) is 12.5 Å². The number of carbonyl (C=O) groups excluding carboxylic acids is 1. The quantitative estimate of drug-likeness (QED) is 0.474. The first-order valence-electron chi connectivity index (χ1n) is 6.20. The van der Waals surface area contributed by atoms with E-state index in [1.165, 1.54) is 44.6 Å². The van der Waals surface area contributed by atoms with Gasteiger partial charge in [-0.25, -0.2) is 4.79 Å². The molecule has 0 spiro atoms. The van der Waals surface area contributed by atoms with Crippen LogP contribution in [0.15, 0.2) is 12.2 Å². The van der Waals surface area contributed by atoms with Crippen molar-refractivity contribution in [2.75, 3.05) is 0 Å². The molecule has 0 fully saturated rings. The second-order valence-electron chi connectivity index (χ2n) is 4.25. The molecule has 0 radical (unpaired) electrons. The minimum atomic E-state index is -0.169. The van der Waals surface area contributed by atoms with E-state index in [4.69, 9.17) is 4.74 Å². The molecule has 0 bridgehead atoms.